The second-order valence-electron chi connectivity index (χ2n) is 4.69. The van der Waals surface area contributed by atoms with E-state index in [0.29, 0.717) is 0 Å². The first kappa shape index (κ1) is 13.4. The highest BCUT2D eigenvalue weighted by Gasteiger charge is 2.28. The minimum atomic E-state index is -0.877. The number of piperidine rings is 1. The molecule has 18 heavy (non-hydrogen) atoms. The largest absolute Gasteiger partial charge is 0.465 e. The van der Waals surface area contributed by atoms with Gasteiger partial charge < -0.3 is 10.0 Å². The second kappa shape index (κ2) is 5.71. The molecule has 0 aromatic heterocycles. The van der Waals surface area contributed by atoms with Crippen LogP contribution in [0.15, 0.2) is 28.7 Å². The Morgan fingerprint density at radius 2 is 2.11 bits per heavy atom. The number of likely N-dealkylation sites (tertiary alicyclic amines) is 1. The Morgan fingerprint density at radius 1 is 1.44 bits per heavy atom. The topological polar surface area (TPSA) is 43.8 Å². The van der Waals surface area contributed by atoms with Gasteiger partial charge in [-0.1, -0.05) is 15.9 Å². The summed E-state index contributed by atoms with van der Waals surface area (Å²) in [4.78, 5) is 15.2. The molecular weight excluding hydrogens is 296 g/mol. The van der Waals surface area contributed by atoms with E-state index in [0.717, 1.165) is 36.1 Å². The number of rotatable bonds is 2. The number of benzene rings is 1. The van der Waals surface area contributed by atoms with Gasteiger partial charge in [-0.2, -0.15) is 0 Å². The van der Waals surface area contributed by atoms with Crippen LogP contribution in [0.1, 0.15) is 12.8 Å². The fraction of sp³-hybridized carbons (Fsp3) is 0.462. The molecule has 98 valence electrons. The zero-order valence-corrected chi connectivity index (χ0v) is 11.9. The van der Waals surface area contributed by atoms with Crippen molar-refractivity contribution in [2.75, 3.05) is 25.0 Å². The van der Waals surface area contributed by atoms with Crippen LogP contribution in [0.4, 0.5) is 10.5 Å². The zero-order chi connectivity index (χ0) is 13.1. The molecule has 1 aliphatic rings. The van der Waals surface area contributed by atoms with Gasteiger partial charge in [0.15, 0.2) is 0 Å². The maximum Gasteiger partial charge on any atom is 0.412 e. The number of nitrogens with zero attached hydrogens (tertiary/aromatic N) is 2. The Bertz CT molecular complexity index is 422. The van der Waals surface area contributed by atoms with Gasteiger partial charge in [0.25, 0.3) is 0 Å². The van der Waals surface area contributed by atoms with Gasteiger partial charge in [-0.05, 0) is 50.7 Å². The van der Waals surface area contributed by atoms with Crippen molar-refractivity contribution >= 4 is 27.7 Å². The second-order valence-corrected chi connectivity index (χ2v) is 5.60. The van der Waals surface area contributed by atoms with E-state index in [1.807, 2.05) is 31.3 Å². The number of hydrogen-bond acceptors (Lipinski definition) is 2. The normalized spacial score (nSPS) is 20.7. The summed E-state index contributed by atoms with van der Waals surface area (Å²) < 4.78 is 0.956. The van der Waals surface area contributed by atoms with Crippen LogP contribution in [0.2, 0.25) is 0 Å². The summed E-state index contributed by atoms with van der Waals surface area (Å²) in [6.45, 7) is 1.84. The third-order valence-corrected chi connectivity index (χ3v) is 3.80. The summed E-state index contributed by atoms with van der Waals surface area (Å²) in [5.41, 5.74) is 0.742. The first-order valence-electron chi connectivity index (χ1n) is 6.04. The van der Waals surface area contributed by atoms with Gasteiger partial charge in [0, 0.05) is 16.7 Å². The number of anilines is 1. The molecule has 2 rings (SSSR count). The predicted molar refractivity (Wildman–Crippen MR) is 75.2 cm³/mol. The Balaban J connectivity index is 2.22. The van der Waals surface area contributed by atoms with Crippen molar-refractivity contribution in [1.29, 1.82) is 0 Å². The van der Waals surface area contributed by atoms with Crippen molar-refractivity contribution in [3.63, 3.8) is 0 Å². The number of amides is 1. The van der Waals surface area contributed by atoms with Gasteiger partial charge >= 0.3 is 6.09 Å². The molecule has 1 amide bonds. The summed E-state index contributed by atoms with van der Waals surface area (Å²) in [5, 5.41) is 9.43. The number of halogens is 1. The molecule has 0 saturated carbocycles. The van der Waals surface area contributed by atoms with Crippen molar-refractivity contribution in [2.45, 2.75) is 18.9 Å². The summed E-state index contributed by atoms with van der Waals surface area (Å²) in [5.74, 6) is 0. The van der Waals surface area contributed by atoms with Gasteiger partial charge in [-0.25, -0.2) is 4.79 Å². The molecule has 1 unspecified atom stereocenters. The lowest BCUT2D eigenvalue weighted by atomic mass is 10.0. The van der Waals surface area contributed by atoms with Gasteiger partial charge in [0.2, 0.25) is 0 Å². The Hall–Kier alpha value is -1.07. The fourth-order valence-electron chi connectivity index (χ4n) is 2.43. The average Bonchev–Trinajstić information content (AvgIpc) is 2.32. The van der Waals surface area contributed by atoms with Gasteiger partial charge in [0.05, 0.1) is 6.04 Å². The van der Waals surface area contributed by atoms with E-state index in [1.54, 1.807) is 0 Å². The van der Waals surface area contributed by atoms with Crippen LogP contribution in [-0.2, 0) is 0 Å². The Morgan fingerprint density at radius 3 is 2.67 bits per heavy atom. The Kier molecular flexibility index (Phi) is 4.24. The van der Waals surface area contributed by atoms with Crippen LogP contribution >= 0.6 is 15.9 Å². The van der Waals surface area contributed by atoms with Crippen molar-refractivity contribution in [2.24, 2.45) is 0 Å². The predicted octanol–water partition coefficient (Wildman–Crippen LogP) is 3.03. The third-order valence-electron chi connectivity index (χ3n) is 3.28. The van der Waals surface area contributed by atoms with Crippen LogP contribution in [0.3, 0.4) is 0 Å². The molecule has 1 saturated heterocycles. The zero-order valence-electron chi connectivity index (χ0n) is 10.3. The van der Waals surface area contributed by atoms with Gasteiger partial charge in [0.1, 0.15) is 0 Å². The van der Waals surface area contributed by atoms with E-state index >= 15 is 0 Å². The summed E-state index contributed by atoms with van der Waals surface area (Å²) in [7, 11) is 2.04. The van der Waals surface area contributed by atoms with Crippen LogP contribution in [-0.4, -0.2) is 42.3 Å². The minimum Gasteiger partial charge on any atom is -0.465 e. The molecule has 5 heteroatoms. The SMILES string of the molecule is CN1CCCC(N(C(=O)O)c2ccc(Br)cc2)C1. The van der Waals surface area contributed by atoms with Crippen molar-refractivity contribution in [3.8, 4) is 0 Å². The number of carbonyl (C=O) groups is 1. The lowest BCUT2D eigenvalue weighted by molar-refractivity contribution is 0.188. The van der Waals surface area contributed by atoms with Crippen LogP contribution in [0, 0.1) is 0 Å². The van der Waals surface area contributed by atoms with Crippen molar-refractivity contribution < 1.29 is 9.90 Å². The first-order valence-corrected chi connectivity index (χ1v) is 6.83. The molecule has 1 N–H and O–H groups in total. The molecule has 4 nitrogen and oxygen atoms in total. The number of hydrogen-bond donors (Lipinski definition) is 1. The molecular formula is C13H17BrN2O2. The maximum atomic E-state index is 11.5. The van der Waals surface area contributed by atoms with E-state index in [2.05, 4.69) is 20.8 Å². The molecule has 0 spiro atoms. The van der Waals surface area contributed by atoms with Crippen molar-refractivity contribution in [1.82, 2.24) is 4.90 Å². The molecule has 1 aliphatic heterocycles. The van der Waals surface area contributed by atoms with Gasteiger partial charge in [-0.15, -0.1) is 0 Å². The van der Waals surface area contributed by atoms with E-state index in [9.17, 15) is 9.90 Å². The maximum absolute atomic E-state index is 11.5. The van der Waals surface area contributed by atoms with E-state index in [4.69, 9.17) is 0 Å². The third kappa shape index (κ3) is 3.03. The quantitative estimate of drug-likeness (QED) is 0.913. The highest BCUT2D eigenvalue weighted by Crippen LogP contribution is 2.24. The van der Waals surface area contributed by atoms with E-state index in [1.165, 1.54) is 4.90 Å². The van der Waals surface area contributed by atoms with E-state index in [-0.39, 0.29) is 6.04 Å². The smallest absolute Gasteiger partial charge is 0.412 e. The fourth-order valence-corrected chi connectivity index (χ4v) is 2.69. The van der Waals surface area contributed by atoms with Crippen molar-refractivity contribution in [3.05, 3.63) is 28.7 Å². The number of likely N-dealkylation sites (N-methyl/N-ethyl adjacent to an activating group) is 1. The monoisotopic (exact) mass is 312 g/mol. The average molecular weight is 313 g/mol. The molecule has 1 fully saturated rings. The highest BCUT2D eigenvalue weighted by molar-refractivity contribution is 9.10. The molecule has 0 bridgehead atoms. The molecule has 1 aromatic rings. The molecule has 0 aliphatic carbocycles. The molecule has 1 aromatic carbocycles. The van der Waals surface area contributed by atoms with Crippen LogP contribution < -0.4 is 4.90 Å². The lowest BCUT2D eigenvalue weighted by Crippen LogP contribution is -2.49. The summed E-state index contributed by atoms with van der Waals surface area (Å²) in [6, 6.07) is 7.47. The molecule has 1 heterocycles. The molecule has 1 atom stereocenters. The molecule has 0 radical (unpaired) electrons. The summed E-state index contributed by atoms with van der Waals surface area (Å²) in [6.07, 6.45) is 1.09. The highest BCUT2D eigenvalue weighted by atomic mass is 79.9. The number of carboxylic acid groups (broad SMARTS) is 1. The standard InChI is InChI=1S/C13H17BrN2O2/c1-15-8-2-3-12(9-15)16(13(17)18)11-6-4-10(14)5-7-11/h4-7,12H,2-3,8-9H2,1H3,(H,17,18). The first-order chi connectivity index (χ1) is 8.58. The van der Waals surface area contributed by atoms with Crippen LogP contribution in [0.5, 0.6) is 0 Å². The summed E-state index contributed by atoms with van der Waals surface area (Å²) >= 11 is 3.36. The van der Waals surface area contributed by atoms with E-state index < -0.39 is 6.09 Å². The minimum absolute atomic E-state index is 0.0439. The Labute approximate surface area is 115 Å². The lowest BCUT2D eigenvalue weighted by Gasteiger charge is -2.36. The van der Waals surface area contributed by atoms with Crippen LogP contribution in [0.25, 0.3) is 0 Å². The van der Waals surface area contributed by atoms with Gasteiger partial charge in [-0.3, -0.25) is 4.90 Å².